The van der Waals surface area contributed by atoms with Crippen molar-refractivity contribution in [2.45, 2.75) is 32.1 Å². The fourth-order valence-corrected chi connectivity index (χ4v) is 2.97. The molecule has 0 aromatic heterocycles. The van der Waals surface area contributed by atoms with Crippen LogP contribution in [0.5, 0.6) is 0 Å². The Morgan fingerprint density at radius 3 is 2.69 bits per heavy atom. The lowest BCUT2D eigenvalue weighted by molar-refractivity contribution is 0.803. The van der Waals surface area contributed by atoms with Crippen LogP contribution in [0.2, 0.25) is 0 Å². The summed E-state index contributed by atoms with van der Waals surface area (Å²) in [5, 5.41) is 0. The highest BCUT2D eigenvalue weighted by atomic mass is 14.4. The summed E-state index contributed by atoms with van der Waals surface area (Å²) in [6.07, 6.45) is 6.10. The topological polar surface area (TPSA) is 0 Å². The maximum atomic E-state index is 2.38. The predicted octanol–water partition coefficient (Wildman–Crippen LogP) is 3.44. The minimum Gasteiger partial charge on any atom is -0.0804 e. The van der Waals surface area contributed by atoms with Gasteiger partial charge in [-0.25, -0.2) is 0 Å². The highest BCUT2D eigenvalue weighted by Gasteiger charge is 2.33. The standard InChI is InChI=1S/C13H14/c1-8-5-9(2)13-11-4-3-10(7-11)12(13)6-8/h3-6,10-11H,7H2,1-2H3/t10-,11+/m1/s1. The van der Waals surface area contributed by atoms with E-state index >= 15 is 0 Å². The Morgan fingerprint density at radius 2 is 1.85 bits per heavy atom. The van der Waals surface area contributed by atoms with Gasteiger partial charge in [-0.05, 0) is 37.0 Å². The molecule has 0 unspecified atom stereocenters. The fraction of sp³-hybridized carbons (Fsp3) is 0.385. The maximum absolute atomic E-state index is 2.38. The van der Waals surface area contributed by atoms with Gasteiger partial charge in [0.25, 0.3) is 0 Å². The van der Waals surface area contributed by atoms with E-state index in [1.165, 1.54) is 17.5 Å². The van der Waals surface area contributed by atoms with E-state index in [0.29, 0.717) is 0 Å². The summed E-state index contributed by atoms with van der Waals surface area (Å²) in [6.45, 7) is 4.45. The summed E-state index contributed by atoms with van der Waals surface area (Å²) in [5.74, 6) is 1.47. The van der Waals surface area contributed by atoms with Gasteiger partial charge in [-0.15, -0.1) is 0 Å². The number of benzene rings is 1. The number of hydrogen-bond acceptors (Lipinski definition) is 0. The predicted molar refractivity (Wildman–Crippen MR) is 55.2 cm³/mol. The highest BCUT2D eigenvalue weighted by Crippen LogP contribution is 2.49. The number of allylic oxidation sites excluding steroid dienone is 2. The van der Waals surface area contributed by atoms with Gasteiger partial charge in [0.05, 0.1) is 0 Å². The fourth-order valence-electron chi connectivity index (χ4n) is 2.97. The molecule has 13 heavy (non-hydrogen) atoms. The van der Waals surface area contributed by atoms with Gasteiger partial charge in [0.15, 0.2) is 0 Å². The van der Waals surface area contributed by atoms with Gasteiger partial charge in [0.2, 0.25) is 0 Å². The van der Waals surface area contributed by atoms with Crippen LogP contribution in [0.1, 0.15) is 40.5 Å². The lowest BCUT2D eigenvalue weighted by atomic mass is 9.91. The molecule has 2 bridgehead atoms. The molecule has 0 fully saturated rings. The normalized spacial score (nSPS) is 28.2. The zero-order valence-corrected chi connectivity index (χ0v) is 8.17. The minimum absolute atomic E-state index is 0.735. The van der Waals surface area contributed by atoms with E-state index in [4.69, 9.17) is 0 Å². The Morgan fingerprint density at radius 1 is 1.08 bits per heavy atom. The Hall–Kier alpha value is -1.04. The second-order valence-electron chi connectivity index (χ2n) is 4.42. The average molecular weight is 170 g/mol. The first-order valence-corrected chi connectivity index (χ1v) is 5.05. The third-order valence-corrected chi connectivity index (χ3v) is 3.42. The van der Waals surface area contributed by atoms with Crippen molar-refractivity contribution in [3.05, 3.63) is 46.5 Å². The first-order valence-electron chi connectivity index (χ1n) is 5.05. The number of rotatable bonds is 0. The average Bonchev–Trinajstić information content (AvgIpc) is 2.62. The monoisotopic (exact) mass is 170 g/mol. The molecule has 3 rings (SSSR count). The summed E-state index contributed by atoms with van der Waals surface area (Å²) in [5.41, 5.74) is 6.13. The van der Waals surface area contributed by atoms with Crippen LogP contribution in [-0.4, -0.2) is 0 Å². The summed E-state index contributed by atoms with van der Waals surface area (Å²) >= 11 is 0. The van der Waals surface area contributed by atoms with Crippen LogP contribution >= 0.6 is 0 Å². The van der Waals surface area contributed by atoms with Crippen molar-refractivity contribution < 1.29 is 0 Å². The van der Waals surface area contributed by atoms with Crippen LogP contribution in [-0.2, 0) is 0 Å². The van der Waals surface area contributed by atoms with E-state index in [0.717, 1.165) is 11.8 Å². The van der Waals surface area contributed by atoms with Gasteiger partial charge in [-0.1, -0.05) is 29.8 Å². The molecule has 1 aromatic rings. The number of fused-ring (bicyclic) bond motifs is 5. The number of hydrogen-bond donors (Lipinski definition) is 0. The van der Waals surface area contributed by atoms with Crippen LogP contribution < -0.4 is 0 Å². The van der Waals surface area contributed by atoms with Crippen LogP contribution in [0, 0.1) is 13.8 Å². The highest BCUT2D eigenvalue weighted by molar-refractivity contribution is 5.52. The van der Waals surface area contributed by atoms with Crippen LogP contribution in [0.3, 0.4) is 0 Å². The molecule has 0 aliphatic heterocycles. The van der Waals surface area contributed by atoms with Crippen molar-refractivity contribution in [2.75, 3.05) is 0 Å². The third-order valence-electron chi connectivity index (χ3n) is 3.42. The van der Waals surface area contributed by atoms with Crippen molar-refractivity contribution in [3.8, 4) is 0 Å². The van der Waals surface area contributed by atoms with Gasteiger partial charge in [-0.3, -0.25) is 0 Å². The molecule has 66 valence electrons. The molecule has 0 heteroatoms. The largest absolute Gasteiger partial charge is 0.0804 e. The summed E-state index contributed by atoms with van der Waals surface area (Å²) in [6, 6.07) is 4.68. The van der Waals surface area contributed by atoms with Crippen LogP contribution in [0.4, 0.5) is 0 Å². The lowest BCUT2D eigenvalue weighted by Gasteiger charge is -2.14. The van der Waals surface area contributed by atoms with Crippen molar-refractivity contribution in [1.82, 2.24) is 0 Å². The molecular weight excluding hydrogens is 156 g/mol. The van der Waals surface area contributed by atoms with Crippen molar-refractivity contribution in [3.63, 3.8) is 0 Å². The molecule has 0 amide bonds. The van der Waals surface area contributed by atoms with Gasteiger partial charge in [-0.2, -0.15) is 0 Å². The molecular formula is C13H14. The Balaban J connectivity index is 2.29. The molecule has 0 heterocycles. The Bertz CT molecular complexity index is 399. The summed E-state index contributed by atoms with van der Waals surface area (Å²) in [4.78, 5) is 0. The number of aryl methyl sites for hydroxylation is 2. The zero-order chi connectivity index (χ0) is 9.00. The van der Waals surface area contributed by atoms with Crippen molar-refractivity contribution in [2.24, 2.45) is 0 Å². The van der Waals surface area contributed by atoms with E-state index in [1.807, 2.05) is 0 Å². The maximum Gasteiger partial charge on any atom is 0.00325 e. The van der Waals surface area contributed by atoms with Gasteiger partial charge in [0.1, 0.15) is 0 Å². The molecule has 2 aliphatic carbocycles. The first kappa shape index (κ1) is 7.37. The molecule has 0 nitrogen and oxygen atoms in total. The first-order chi connectivity index (χ1) is 6.25. The molecule has 0 radical (unpaired) electrons. The third kappa shape index (κ3) is 0.861. The molecule has 0 N–H and O–H groups in total. The molecule has 2 aliphatic rings. The van der Waals surface area contributed by atoms with E-state index in [2.05, 4.69) is 38.1 Å². The van der Waals surface area contributed by atoms with Crippen molar-refractivity contribution >= 4 is 0 Å². The quantitative estimate of drug-likeness (QED) is 0.523. The minimum atomic E-state index is 0.735. The van der Waals surface area contributed by atoms with Crippen LogP contribution in [0.15, 0.2) is 24.3 Å². The van der Waals surface area contributed by atoms with Crippen LogP contribution in [0.25, 0.3) is 0 Å². The summed E-state index contributed by atoms with van der Waals surface area (Å²) < 4.78 is 0. The van der Waals surface area contributed by atoms with E-state index in [1.54, 1.807) is 11.1 Å². The Kier molecular flexibility index (Phi) is 1.28. The Labute approximate surface area is 79.3 Å². The molecule has 2 atom stereocenters. The molecule has 0 saturated carbocycles. The summed E-state index contributed by atoms with van der Waals surface area (Å²) in [7, 11) is 0. The molecule has 1 aromatic carbocycles. The second kappa shape index (κ2) is 2.25. The molecule has 0 saturated heterocycles. The lowest BCUT2D eigenvalue weighted by Crippen LogP contribution is -1.96. The van der Waals surface area contributed by atoms with Gasteiger partial charge < -0.3 is 0 Å². The van der Waals surface area contributed by atoms with Crippen molar-refractivity contribution in [1.29, 1.82) is 0 Å². The zero-order valence-electron chi connectivity index (χ0n) is 8.17. The van der Waals surface area contributed by atoms with Gasteiger partial charge in [0, 0.05) is 11.8 Å². The second-order valence-corrected chi connectivity index (χ2v) is 4.42. The van der Waals surface area contributed by atoms with Gasteiger partial charge >= 0.3 is 0 Å². The van der Waals surface area contributed by atoms with E-state index in [-0.39, 0.29) is 0 Å². The van der Waals surface area contributed by atoms with E-state index < -0.39 is 0 Å². The van der Waals surface area contributed by atoms with E-state index in [9.17, 15) is 0 Å². The smallest absolute Gasteiger partial charge is 0.00325 e. The molecule has 0 spiro atoms. The SMILES string of the molecule is Cc1cc(C)c2c(c1)[C@@H]1C=C[C@H]2C1.